The summed E-state index contributed by atoms with van der Waals surface area (Å²) >= 11 is 0. The number of nitrogens with two attached hydrogens (primary N) is 1. The molecule has 12 heteroatoms. The molecule has 1 aromatic heterocycles. The van der Waals surface area contributed by atoms with E-state index >= 15 is 0 Å². The van der Waals surface area contributed by atoms with E-state index in [-0.39, 0.29) is 40.0 Å². The van der Waals surface area contributed by atoms with Gasteiger partial charge in [0, 0.05) is 30.3 Å². The van der Waals surface area contributed by atoms with E-state index in [1.807, 2.05) is 0 Å². The van der Waals surface area contributed by atoms with E-state index in [1.165, 1.54) is 19.1 Å². The van der Waals surface area contributed by atoms with Crippen LogP contribution in [0.3, 0.4) is 0 Å². The van der Waals surface area contributed by atoms with Crippen molar-refractivity contribution >= 4 is 29.2 Å². The van der Waals surface area contributed by atoms with Crippen LogP contribution >= 0.6 is 0 Å². The molecule has 3 amide bonds. The maximum atomic E-state index is 13.7. The number of hydrogen-bond donors (Lipinski definition) is 3. The summed E-state index contributed by atoms with van der Waals surface area (Å²) in [6.45, 7) is 1.49. The second-order valence-electron chi connectivity index (χ2n) is 9.63. The predicted octanol–water partition coefficient (Wildman–Crippen LogP) is 2.13. The van der Waals surface area contributed by atoms with Crippen molar-refractivity contribution in [2.24, 2.45) is 11.7 Å². The van der Waals surface area contributed by atoms with Crippen molar-refractivity contribution in [1.29, 1.82) is 5.26 Å². The number of anilines is 1. The van der Waals surface area contributed by atoms with Crippen LogP contribution in [0.5, 0.6) is 0 Å². The van der Waals surface area contributed by atoms with Gasteiger partial charge in [0.05, 0.1) is 11.1 Å². The number of aromatic nitrogens is 1. The Balaban J connectivity index is 1.45. The first-order chi connectivity index (χ1) is 16.9. The minimum absolute atomic E-state index is 0.0209. The van der Waals surface area contributed by atoms with Crippen molar-refractivity contribution < 1.29 is 32.3 Å². The molecule has 36 heavy (non-hydrogen) atoms. The number of fused-ring (bicyclic) bond motifs is 3. The molecule has 2 unspecified atom stereocenters. The number of carbonyl (C=O) groups is 4. The van der Waals surface area contributed by atoms with Crippen molar-refractivity contribution in [2.45, 2.75) is 50.1 Å². The zero-order valence-corrected chi connectivity index (χ0v) is 19.0. The highest BCUT2D eigenvalue weighted by atomic mass is 19.3. The lowest BCUT2D eigenvalue weighted by Crippen LogP contribution is -2.69. The average Bonchev–Trinajstić information content (AvgIpc) is 3.36. The lowest BCUT2D eigenvalue weighted by molar-refractivity contribution is -0.162. The number of hydrogen-bond acceptors (Lipinski definition) is 5. The van der Waals surface area contributed by atoms with Crippen LogP contribution in [-0.4, -0.2) is 39.5 Å². The minimum Gasteiger partial charge on any atom is -0.368 e. The third kappa shape index (κ3) is 3.54. The summed E-state index contributed by atoms with van der Waals surface area (Å²) in [6.07, 6.45) is -0.764. The molecule has 0 saturated heterocycles. The smallest absolute Gasteiger partial charge is 0.293 e. The van der Waals surface area contributed by atoms with Gasteiger partial charge in [0.1, 0.15) is 23.1 Å². The molecule has 0 bridgehead atoms. The summed E-state index contributed by atoms with van der Waals surface area (Å²) in [5, 5.41) is 13.7. The summed E-state index contributed by atoms with van der Waals surface area (Å²) in [5.74, 6) is -7.83. The standard InChI is InChI=1S/C24H20F3N5O4/c1-10-17(19(33)21(35)31-23(22(29)36)8-24(26,27)9-23)16-6-11-5-15(11)32(16)18(10)20(34)30-13-2-3-14(25)12(4-13)7-28/h2-4,11,15H,5-6,8-9H2,1H3,(H2,29,36)(H,30,34)(H,31,35). The first kappa shape index (κ1) is 23.6. The largest absolute Gasteiger partial charge is 0.368 e. The molecule has 0 spiro atoms. The molecular weight excluding hydrogens is 479 g/mol. The monoisotopic (exact) mass is 499 g/mol. The van der Waals surface area contributed by atoms with Crippen molar-refractivity contribution in [1.82, 2.24) is 9.88 Å². The number of nitrogens with one attached hydrogen (secondary N) is 2. The van der Waals surface area contributed by atoms with E-state index in [0.717, 1.165) is 12.5 Å². The molecule has 4 N–H and O–H groups in total. The van der Waals surface area contributed by atoms with Gasteiger partial charge >= 0.3 is 0 Å². The Kier molecular flexibility index (Phi) is 5.03. The zero-order valence-electron chi connectivity index (χ0n) is 19.0. The molecule has 2 saturated carbocycles. The van der Waals surface area contributed by atoms with Crippen LogP contribution in [0.2, 0.25) is 0 Å². The number of nitriles is 1. The molecule has 3 aliphatic rings. The number of amides is 3. The van der Waals surface area contributed by atoms with E-state index in [4.69, 9.17) is 11.0 Å². The maximum absolute atomic E-state index is 13.7. The number of Topliss-reactive ketones (excluding diaryl/α,β-unsaturated/α-hetero) is 1. The zero-order chi connectivity index (χ0) is 26.2. The second kappa shape index (κ2) is 7.68. The van der Waals surface area contributed by atoms with E-state index in [1.54, 1.807) is 10.6 Å². The number of benzene rings is 1. The molecule has 2 atom stereocenters. The van der Waals surface area contributed by atoms with E-state index in [0.29, 0.717) is 12.1 Å². The van der Waals surface area contributed by atoms with Crippen molar-refractivity contribution in [3.05, 3.63) is 52.1 Å². The van der Waals surface area contributed by atoms with Gasteiger partial charge in [-0.3, -0.25) is 19.2 Å². The lowest BCUT2D eigenvalue weighted by atomic mass is 9.72. The van der Waals surface area contributed by atoms with E-state index in [2.05, 4.69) is 10.6 Å². The number of halogens is 3. The molecule has 5 rings (SSSR count). The maximum Gasteiger partial charge on any atom is 0.293 e. The van der Waals surface area contributed by atoms with E-state index < -0.39 is 53.6 Å². The van der Waals surface area contributed by atoms with E-state index in [9.17, 15) is 32.3 Å². The second-order valence-corrected chi connectivity index (χ2v) is 9.63. The molecule has 2 fully saturated rings. The van der Waals surface area contributed by atoms with Crippen molar-refractivity contribution in [2.75, 3.05) is 5.32 Å². The highest BCUT2D eigenvalue weighted by Crippen LogP contribution is 2.54. The fourth-order valence-corrected chi connectivity index (χ4v) is 5.36. The number of primary amides is 1. The predicted molar refractivity (Wildman–Crippen MR) is 118 cm³/mol. The molecule has 9 nitrogen and oxygen atoms in total. The van der Waals surface area contributed by atoms with Crippen LogP contribution in [0.4, 0.5) is 18.9 Å². The number of carbonyl (C=O) groups excluding carboxylic acids is 4. The molecule has 2 aliphatic carbocycles. The Morgan fingerprint density at radius 2 is 1.92 bits per heavy atom. The molecule has 2 aromatic rings. The Labute approximate surface area is 202 Å². The van der Waals surface area contributed by atoms with Crippen LogP contribution in [0, 0.1) is 30.0 Å². The quantitative estimate of drug-likeness (QED) is 0.412. The average molecular weight is 499 g/mol. The SMILES string of the molecule is Cc1c(C(=O)C(=O)NC2(C(N)=O)CC(F)(F)C2)c2n(c1C(=O)Nc1ccc(F)c(C#N)c1)C1CC1C2. The highest BCUT2D eigenvalue weighted by molar-refractivity contribution is 6.44. The van der Waals surface area contributed by atoms with Crippen molar-refractivity contribution in [3.8, 4) is 6.07 Å². The highest BCUT2D eigenvalue weighted by Gasteiger charge is 2.61. The van der Waals surface area contributed by atoms with Crippen LogP contribution in [0.15, 0.2) is 18.2 Å². The molecular formula is C24H20F3N5O4. The summed E-state index contributed by atoms with van der Waals surface area (Å²) in [5.41, 5.74) is 3.92. The first-order valence-corrected chi connectivity index (χ1v) is 11.2. The van der Waals surface area contributed by atoms with Gasteiger partial charge in [-0.05, 0) is 49.4 Å². The van der Waals surface area contributed by atoms with Crippen LogP contribution < -0.4 is 16.4 Å². The summed E-state index contributed by atoms with van der Waals surface area (Å²) < 4.78 is 42.3. The molecule has 1 aliphatic heterocycles. The number of alkyl halides is 2. The fraction of sp³-hybridized carbons (Fsp3) is 0.375. The number of nitrogens with zero attached hydrogens (tertiary/aromatic N) is 2. The minimum atomic E-state index is -3.18. The molecule has 186 valence electrons. The van der Waals surface area contributed by atoms with Crippen molar-refractivity contribution in [3.63, 3.8) is 0 Å². The number of rotatable bonds is 6. The molecule has 0 radical (unpaired) electrons. The lowest BCUT2D eigenvalue weighted by Gasteiger charge is -2.44. The number of ketones is 1. The van der Waals surface area contributed by atoms with Crippen LogP contribution in [0.25, 0.3) is 0 Å². The third-order valence-corrected chi connectivity index (χ3v) is 7.16. The van der Waals surface area contributed by atoms with Gasteiger partial charge in [0.25, 0.3) is 23.5 Å². The van der Waals surface area contributed by atoms with Gasteiger partial charge in [-0.2, -0.15) is 5.26 Å². The van der Waals surface area contributed by atoms with Gasteiger partial charge in [-0.25, -0.2) is 13.2 Å². The van der Waals surface area contributed by atoms with Gasteiger partial charge in [-0.15, -0.1) is 0 Å². The Morgan fingerprint density at radius 3 is 2.53 bits per heavy atom. The molecule has 2 heterocycles. The Morgan fingerprint density at radius 1 is 1.22 bits per heavy atom. The van der Waals surface area contributed by atoms with Gasteiger partial charge in [0.15, 0.2) is 0 Å². The summed E-state index contributed by atoms with van der Waals surface area (Å²) in [7, 11) is 0. The fourth-order valence-electron chi connectivity index (χ4n) is 5.36. The van der Waals surface area contributed by atoms with Gasteiger partial charge in [0.2, 0.25) is 5.91 Å². The normalized spacial score (nSPS) is 21.9. The first-order valence-electron chi connectivity index (χ1n) is 11.2. The Bertz CT molecular complexity index is 1420. The Hall–Kier alpha value is -4.14. The van der Waals surface area contributed by atoms with Crippen LogP contribution in [0.1, 0.15) is 63.0 Å². The molecule has 1 aromatic carbocycles. The summed E-state index contributed by atoms with van der Waals surface area (Å²) in [6, 6.07) is 5.15. The van der Waals surface area contributed by atoms with Gasteiger partial charge in [-0.1, -0.05) is 0 Å². The third-order valence-electron chi connectivity index (χ3n) is 7.16. The topological polar surface area (TPSA) is 147 Å². The van der Waals surface area contributed by atoms with Gasteiger partial charge < -0.3 is 20.9 Å². The summed E-state index contributed by atoms with van der Waals surface area (Å²) in [4.78, 5) is 51.0. The van der Waals surface area contributed by atoms with Crippen LogP contribution in [-0.2, 0) is 16.0 Å².